The highest BCUT2D eigenvalue weighted by Gasteiger charge is 2.44. The molecule has 15 heavy (non-hydrogen) atoms. The zero-order valence-electron chi connectivity index (χ0n) is 9.95. The minimum absolute atomic E-state index is 0.134. The monoisotopic (exact) mass is 212 g/mol. The molecular formula is C12H24N2O. The van der Waals surface area contributed by atoms with Crippen molar-refractivity contribution in [2.24, 2.45) is 17.6 Å². The molecule has 3 nitrogen and oxygen atoms in total. The van der Waals surface area contributed by atoms with Gasteiger partial charge in [-0.2, -0.15) is 0 Å². The summed E-state index contributed by atoms with van der Waals surface area (Å²) in [6.07, 6.45) is 3.68. The van der Waals surface area contributed by atoms with Crippen molar-refractivity contribution in [3.63, 3.8) is 0 Å². The second kappa shape index (κ2) is 4.04. The number of hydrogen-bond donors (Lipinski definition) is 2. The van der Waals surface area contributed by atoms with Crippen molar-refractivity contribution in [1.82, 2.24) is 4.90 Å². The van der Waals surface area contributed by atoms with E-state index in [-0.39, 0.29) is 12.1 Å². The van der Waals surface area contributed by atoms with E-state index in [1.54, 1.807) is 0 Å². The Bertz CT molecular complexity index is 230. The van der Waals surface area contributed by atoms with Crippen molar-refractivity contribution in [2.75, 3.05) is 19.7 Å². The molecule has 1 aliphatic heterocycles. The van der Waals surface area contributed by atoms with Crippen LogP contribution >= 0.6 is 0 Å². The minimum atomic E-state index is -0.335. The van der Waals surface area contributed by atoms with Gasteiger partial charge in [-0.05, 0) is 38.0 Å². The molecule has 0 aromatic rings. The van der Waals surface area contributed by atoms with Crippen molar-refractivity contribution in [3.05, 3.63) is 0 Å². The average molecular weight is 212 g/mol. The van der Waals surface area contributed by atoms with Crippen molar-refractivity contribution < 1.29 is 5.11 Å². The van der Waals surface area contributed by atoms with Crippen LogP contribution < -0.4 is 5.73 Å². The Morgan fingerprint density at radius 3 is 2.47 bits per heavy atom. The first-order chi connectivity index (χ1) is 7.05. The smallest absolute Gasteiger partial charge is 0.0626 e. The van der Waals surface area contributed by atoms with Crippen LogP contribution in [0.2, 0.25) is 0 Å². The second-order valence-corrected chi connectivity index (χ2v) is 5.78. The van der Waals surface area contributed by atoms with Gasteiger partial charge in [0.25, 0.3) is 0 Å². The van der Waals surface area contributed by atoms with Crippen LogP contribution in [0.25, 0.3) is 0 Å². The lowest BCUT2D eigenvalue weighted by Gasteiger charge is -2.34. The second-order valence-electron chi connectivity index (χ2n) is 5.78. The maximum Gasteiger partial charge on any atom is 0.0626 e. The topological polar surface area (TPSA) is 49.5 Å². The van der Waals surface area contributed by atoms with Gasteiger partial charge in [-0.25, -0.2) is 0 Å². The summed E-state index contributed by atoms with van der Waals surface area (Å²) < 4.78 is 0. The molecule has 2 fully saturated rings. The highest BCUT2D eigenvalue weighted by Crippen LogP contribution is 2.39. The fourth-order valence-corrected chi connectivity index (χ4v) is 2.95. The summed E-state index contributed by atoms with van der Waals surface area (Å²) in [4.78, 5) is 2.46. The van der Waals surface area contributed by atoms with Crippen LogP contribution in [0.1, 0.15) is 33.1 Å². The first-order valence-electron chi connectivity index (χ1n) is 6.19. The first kappa shape index (κ1) is 11.4. The summed E-state index contributed by atoms with van der Waals surface area (Å²) in [6, 6.07) is 0.633. The van der Waals surface area contributed by atoms with E-state index >= 15 is 0 Å². The molecule has 3 unspecified atom stereocenters. The lowest BCUT2D eigenvalue weighted by atomic mass is 9.94. The van der Waals surface area contributed by atoms with Gasteiger partial charge in [0.05, 0.1) is 12.1 Å². The van der Waals surface area contributed by atoms with Gasteiger partial charge >= 0.3 is 0 Å². The molecule has 2 rings (SSSR count). The van der Waals surface area contributed by atoms with Gasteiger partial charge in [0.1, 0.15) is 0 Å². The van der Waals surface area contributed by atoms with Crippen LogP contribution in [0.15, 0.2) is 0 Å². The van der Waals surface area contributed by atoms with Crippen LogP contribution in [0.5, 0.6) is 0 Å². The van der Waals surface area contributed by atoms with E-state index < -0.39 is 0 Å². The van der Waals surface area contributed by atoms with Gasteiger partial charge in [-0.3, -0.25) is 4.90 Å². The number of aliphatic hydroxyl groups excluding tert-OH is 1. The quantitative estimate of drug-likeness (QED) is 0.725. The number of aliphatic hydroxyl groups is 1. The Morgan fingerprint density at radius 2 is 2.07 bits per heavy atom. The standard InChI is InChI=1S/C12H24N2O/c1-9-5-10(2)14(6-9)7-12(13,8-15)11-3-4-11/h9-11,15H,3-8,13H2,1-2H3. The fourth-order valence-electron chi connectivity index (χ4n) is 2.95. The van der Waals surface area contributed by atoms with E-state index in [0.29, 0.717) is 12.0 Å². The zero-order valence-corrected chi connectivity index (χ0v) is 9.95. The molecule has 1 saturated carbocycles. The van der Waals surface area contributed by atoms with E-state index in [1.165, 1.54) is 19.3 Å². The van der Waals surface area contributed by atoms with Crippen LogP contribution in [0.4, 0.5) is 0 Å². The molecule has 0 bridgehead atoms. The van der Waals surface area contributed by atoms with Crippen LogP contribution in [0, 0.1) is 11.8 Å². The van der Waals surface area contributed by atoms with E-state index in [0.717, 1.165) is 19.0 Å². The van der Waals surface area contributed by atoms with E-state index in [1.807, 2.05) is 0 Å². The molecule has 0 radical (unpaired) electrons. The Labute approximate surface area is 92.6 Å². The molecule has 1 heterocycles. The largest absolute Gasteiger partial charge is 0.394 e. The third kappa shape index (κ3) is 2.35. The summed E-state index contributed by atoms with van der Waals surface area (Å²) >= 11 is 0. The Balaban J connectivity index is 1.94. The molecule has 3 N–H and O–H groups in total. The third-order valence-corrected chi connectivity index (χ3v) is 4.10. The van der Waals surface area contributed by atoms with Gasteiger partial charge < -0.3 is 10.8 Å². The molecule has 3 heteroatoms. The molecule has 2 aliphatic rings. The number of nitrogens with two attached hydrogens (primary N) is 1. The lowest BCUT2D eigenvalue weighted by Crippen LogP contribution is -2.55. The molecule has 3 atom stereocenters. The van der Waals surface area contributed by atoms with E-state index in [9.17, 15) is 5.11 Å². The van der Waals surface area contributed by atoms with Crippen molar-refractivity contribution in [2.45, 2.75) is 44.7 Å². The summed E-state index contributed by atoms with van der Waals surface area (Å²) in [5.74, 6) is 1.34. The van der Waals surface area contributed by atoms with Crippen molar-refractivity contribution in [1.29, 1.82) is 0 Å². The molecule has 1 aliphatic carbocycles. The average Bonchev–Trinajstić information content (AvgIpc) is 2.96. The maximum absolute atomic E-state index is 9.46. The number of nitrogens with zero attached hydrogens (tertiary/aromatic N) is 1. The van der Waals surface area contributed by atoms with E-state index in [4.69, 9.17) is 5.73 Å². The number of rotatable bonds is 4. The highest BCUT2D eigenvalue weighted by atomic mass is 16.3. The van der Waals surface area contributed by atoms with E-state index in [2.05, 4.69) is 18.7 Å². The molecule has 0 aromatic carbocycles. The molecule has 0 spiro atoms. The summed E-state index contributed by atoms with van der Waals surface area (Å²) in [5, 5.41) is 9.46. The SMILES string of the molecule is CC1CC(C)N(CC(N)(CO)C2CC2)C1. The minimum Gasteiger partial charge on any atom is -0.394 e. The van der Waals surface area contributed by atoms with Gasteiger partial charge in [-0.15, -0.1) is 0 Å². The molecule has 1 saturated heterocycles. The lowest BCUT2D eigenvalue weighted by molar-refractivity contribution is 0.116. The van der Waals surface area contributed by atoms with Crippen molar-refractivity contribution in [3.8, 4) is 0 Å². The fraction of sp³-hybridized carbons (Fsp3) is 1.00. The number of hydrogen-bond acceptors (Lipinski definition) is 3. The Kier molecular flexibility index (Phi) is 3.06. The van der Waals surface area contributed by atoms with Gasteiger partial charge in [0.2, 0.25) is 0 Å². The summed E-state index contributed by atoms with van der Waals surface area (Å²) in [7, 11) is 0. The first-order valence-corrected chi connectivity index (χ1v) is 6.19. The van der Waals surface area contributed by atoms with Crippen LogP contribution in [0.3, 0.4) is 0 Å². The number of likely N-dealkylation sites (tertiary alicyclic amines) is 1. The zero-order chi connectivity index (χ0) is 11.1. The predicted octanol–water partition coefficient (Wildman–Crippen LogP) is 0.817. The predicted molar refractivity (Wildman–Crippen MR) is 61.5 cm³/mol. The molecule has 0 amide bonds. The summed E-state index contributed by atoms with van der Waals surface area (Å²) in [6.45, 7) is 6.72. The highest BCUT2D eigenvalue weighted by molar-refractivity contribution is 5.01. The van der Waals surface area contributed by atoms with Crippen LogP contribution in [-0.2, 0) is 0 Å². The van der Waals surface area contributed by atoms with Crippen LogP contribution in [-0.4, -0.2) is 41.3 Å². The normalized spacial score (nSPS) is 36.8. The van der Waals surface area contributed by atoms with Gasteiger partial charge in [-0.1, -0.05) is 6.92 Å². The summed E-state index contributed by atoms with van der Waals surface area (Å²) in [5.41, 5.74) is 5.96. The Morgan fingerprint density at radius 1 is 1.40 bits per heavy atom. The molecular weight excluding hydrogens is 188 g/mol. The Hall–Kier alpha value is -0.120. The maximum atomic E-state index is 9.46. The van der Waals surface area contributed by atoms with Gasteiger partial charge in [0, 0.05) is 19.1 Å². The molecule has 88 valence electrons. The van der Waals surface area contributed by atoms with Gasteiger partial charge in [0.15, 0.2) is 0 Å². The third-order valence-electron chi connectivity index (χ3n) is 4.10. The molecule has 0 aromatic heterocycles. The van der Waals surface area contributed by atoms with Crippen molar-refractivity contribution >= 4 is 0 Å².